The van der Waals surface area contributed by atoms with Gasteiger partial charge in [0.25, 0.3) is 0 Å². The van der Waals surface area contributed by atoms with Crippen molar-refractivity contribution in [2.75, 3.05) is 0 Å². The molecule has 5 nitrogen and oxygen atoms in total. The van der Waals surface area contributed by atoms with Crippen LogP contribution in [0, 0.1) is 0 Å². The summed E-state index contributed by atoms with van der Waals surface area (Å²) >= 11 is 5.81. The zero-order chi connectivity index (χ0) is 16.9. The molecular formula is C17H17ClN2O3. The summed E-state index contributed by atoms with van der Waals surface area (Å²) in [5.74, 6) is -0.0519. The van der Waals surface area contributed by atoms with Gasteiger partial charge in [0, 0.05) is 10.6 Å². The van der Waals surface area contributed by atoms with E-state index in [4.69, 9.17) is 26.9 Å². The van der Waals surface area contributed by atoms with Crippen LogP contribution < -0.4 is 10.5 Å². The van der Waals surface area contributed by atoms with Gasteiger partial charge in [-0.05, 0) is 38.1 Å². The summed E-state index contributed by atoms with van der Waals surface area (Å²) in [6.07, 6.45) is 0. The quantitative estimate of drug-likeness (QED) is 0.394. The summed E-state index contributed by atoms with van der Waals surface area (Å²) in [7, 11) is 0. The number of hydrogen-bond acceptors (Lipinski definition) is 4. The normalized spacial score (nSPS) is 11.9. The Bertz CT molecular complexity index is 698. The van der Waals surface area contributed by atoms with Crippen molar-refractivity contribution in [3.8, 4) is 5.75 Å². The largest absolute Gasteiger partial charge is 0.476 e. The highest BCUT2D eigenvalue weighted by molar-refractivity contribution is 6.30. The molecule has 6 heteroatoms. The van der Waals surface area contributed by atoms with E-state index < -0.39 is 11.6 Å². The van der Waals surface area contributed by atoms with Gasteiger partial charge in [-0.15, -0.1) is 0 Å². The minimum atomic E-state index is -1.23. The Morgan fingerprint density at radius 2 is 1.70 bits per heavy atom. The third-order valence-corrected chi connectivity index (χ3v) is 3.23. The Labute approximate surface area is 139 Å². The van der Waals surface area contributed by atoms with Crippen molar-refractivity contribution in [3.05, 3.63) is 65.2 Å². The van der Waals surface area contributed by atoms with Gasteiger partial charge < -0.3 is 15.3 Å². The number of rotatable bonds is 5. The number of hydrogen-bond donors (Lipinski definition) is 1. The van der Waals surface area contributed by atoms with Gasteiger partial charge in [-0.25, -0.2) is 4.79 Å². The molecule has 2 rings (SSSR count). The van der Waals surface area contributed by atoms with Gasteiger partial charge in [0.05, 0.1) is 0 Å². The summed E-state index contributed by atoms with van der Waals surface area (Å²) in [6.45, 7) is 3.16. The second kappa shape index (κ2) is 7.15. The Hall–Kier alpha value is -2.53. The molecular weight excluding hydrogens is 316 g/mol. The summed E-state index contributed by atoms with van der Waals surface area (Å²) in [6, 6.07) is 15.7. The van der Waals surface area contributed by atoms with Crippen molar-refractivity contribution in [2.45, 2.75) is 19.4 Å². The van der Waals surface area contributed by atoms with Crippen LogP contribution in [0.3, 0.4) is 0 Å². The Morgan fingerprint density at radius 3 is 2.30 bits per heavy atom. The van der Waals surface area contributed by atoms with E-state index in [1.54, 1.807) is 50.2 Å². The molecule has 0 aliphatic heterocycles. The smallest absolute Gasteiger partial charge is 0.377 e. The third-order valence-electron chi connectivity index (χ3n) is 2.97. The molecule has 0 saturated carbocycles. The number of amidine groups is 1. The van der Waals surface area contributed by atoms with Crippen molar-refractivity contribution >= 4 is 23.4 Å². The molecule has 0 unspecified atom stereocenters. The number of nitrogens with two attached hydrogens (primary N) is 1. The number of carbonyl (C=O) groups excluding carboxylic acids is 1. The molecule has 0 heterocycles. The van der Waals surface area contributed by atoms with Gasteiger partial charge in [-0.1, -0.05) is 47.1 Å². The van der Waals surface area contributed by atoms with Crippen LogP contribution in [0.1, 0.15) is 19.4 Å². The average molecular weight is 333 g/mol. The van der Waals surface area contributed by atoms with Crippen LogP contribution in [-0.2, 0) is 9.63 Å². The number of nitrogens with zero attached hydrogens (tertiary/aromatic N) is 1. The molecule has 0 spiro atoms. The van der Waals surface area contributed by atoms with Crippen LogP contribution in [0.15, 0.2) is 59.8 Å². The molecule has 0 bridgehead atoms. The number of halogens is 1. The van der Waals surface area contributed by atoms with E-state index in [0.29, 0.717) is 16.3 Å². The fraction of sp³-hybridized carbons (Fsp3) is 0.176. The van der Waals surface area contributed by atoms with Crippen molar-refractivity contribution in [3.63, 3.8) is 0 Å². The van der Waals surface area contributed by atoms with Crippen LogP contribution in [0.25, 0.3) is 0 Å². The van der Waals surface area contributed by atoms with Gasteiger partial charge in [-0.2, -0.15) is 0 Å². The van der Waals surface area contributed by atoms with Crippen molar-refractivity contribution in [1.82, 2.24) is 0 Å². The van der Waals surface area contributed by atoms with Gasteiger partial charge in [-0.3, -0.25) is 0 Å². The summed E-state index contributed by atoms with van der Waals surface area (Å²) in [4.78, 5) is 17.0. The van der Waals surface area contributed by atoms with E-state index in [-0.39, 0.29) is 5.84 Å². The predicted octanol–water partition coefficient (Wildman–Crippen LogP) is 3.36. The lowest BCUT2D eigenvalue weighted by molar-refractivity contribution is -0.159. The lowest BCUT2D eigenvalue weighted by atomic mass is 10.1. The zero-order valence-corrected chi connectivity index (χ0v) is 13.6. The maximum absolute atomic E-state index is 12.1. The Kier molecular flexibility index (Phi) is 5.24. The zero-order valence-electron chi connectivity index (χ0n) is 12.8. The topological polar surface area (TPSA) is 73.9 Å². The maximum atomic E-state index is 12.1. The minimum absolute atomic E-state index is 0.112. The van der Waals surface area contributed by atoms with Crippen LogP contribution >= 0.6 is 11.6 Å². The SMILES string of the molecule is CC(C)(Oc1ccc(Cl)cc1)C(=O)O/N=C(\N)c1ccccc1. The molecule has 2 N–H and O–H groups in total. The van der Waals surface area contributed by atoms with E-state index in [9.17, 15) is 4.79 Å². The third kappa shape index (κ3) is 4.72. The van der Waals surface area contributed by atoms with Crippen molar-refractivity contribution in [1.29, 1.82) is 0 Å². The number of carbonyl (C=O) groups is 1. The van der Waals surface area contributed by atoms with E-state index in [2.05, 4.69) is 5.16 Å². The molecule has 0 aliphatic carbocycles. The lowest BCUT2D eigenvalue weighted by Gasteiger charge is -2.22. The highest BCUT2D eigenvalue weighted by Crippen LogP contribution is 2.21. The monoisotopic (exact) mass is 332 g/mol. The number of benzene rings is 2. The summed E-state index contributed by atoms with van der Waals surface area (Å²) < 4.78 is 5.61. The van der Waals surface area contributed by atoms with Gasteiger partial charge in [0.15, 0.2) is 5.84 Å². The molecule has 0 aliphatic rings. The second-order valence-corrected chi connectivity index (χ2v) is 5.72. The van der Waals surface area contributed by atoms with Crippen molar-refractivity contribution in [2.24, 2.45) is 10.9 Å². The molecule has 0 fully saturated rings. The van der Waals surface area contributed by atoms with E-state index in [1.807, 2.05) is 18.2 Å². The first-order valence-corrected chi connectivity index (χ1v) is 7.31. The first-order chi connectivity index (χ1) is 10.9. The van der Waals surface area contributed by atoms with E-state index >= 15 is 0 Å². The maximum Gasteiger partial charge on any atom is 0.377 e. The van der Waals surface area contributed by atoms with E-state index in [0.717, 1.165) is 0 Å². The first-order valence-electron chi connectivity index (χ1n) is 6.93. The summed E-state index contributed by atoms with van der Waals surface area (Å²) in [5.41, 5.74) is 5.21. The van der Waals surface area contributed by atoms with Crippen LogP contribution in [0.2, 0.25) is 5.02 Å². The lowest BCUT2D eigenvalue weighted by Crippen LogP contribution is -2.39. The van der Waals surface area contributed by atoms with Gasteiger partial charge in [0.1, 0.15) is 5.75 Å². The van der Waals surface area contributed by atoms with Crippen LogP contribution in [-0.4, -0.2) is 17.4 Å². The number of ether oxygens (including phenoxy) is 1. The molecule has 2 aromatic carbocycles. The minimum Gasteiger partial charge on any atom is -0.476 e. The van der Waals surface area contributed by atoms with Crippen LogP contribution in [0.5, 0.6) is 5.75 Å². The molecule has 23 heavy (non-hydrogen) atoms. The summed E-state index contributed by atoms with van der Waals surface area (Å²) in [5, 5.41) is 4.24. The molecule has 0 atom stereocenters. The first kappa shape index (κ1) is 16.8. The molecule has 0 aromatic heterocycles. The highest BCUT2D eigenvalue weighted by atomic mass is 35.5. The molecule has 0 radical (unpaired) electrons. The average Bonchev–Trinajstić information content (AvgIpc) is 2.55. The van der Waals surface area contributed by atoms with Crippen molar-refractivity contribution < 1.29 is 14.4 Å². The predicted molar refractivity (Wildman–Crippen MR) is 89.4 cm³/mol. The van der Waals surface area contributed by atoms with Gasteiger partial charge >= 0.3 is 5.97 Å². The highest BCUT2D eigenvalue weighted by Gasteiger charge is 2.32. The Morgan fingerprint density at radius 1 is 1.09 bits per heavy atom. The number of oxime groups is 1. The molecule has 2 aromatic rings. The second-order valence-electron chi connectivity index (χ2n) is 5.29. The fourth-order valence-corrected chi connectivity index (χ4v) is 1.83. The molecule has 0 amide bonds. The Balaban J connectivity index is 2.02. The van der Waals surface area contributed by atoms with Crippen LogP contribution in [0.4, 0.5) is 0 Å². The van der Waals surface area contributed by atoms with E-state index in [1.165, 1.54) is 0 Å². The molecule has 120 valence electrons. The fourth-order valence-electron chi connectivity index (χ4n) is 1.70. The standard InChI is InChI=1S/C17H17ClN2O3/c1-17(2,22-14-10-8-13(18)9-11-14)16(21)23-20-15(19)12-6-4-3-5-7-12/h3-11H,1-2H3,(H2,19,20). The van der Waals surface area contributed by atoms with Gasteiger partial charge in [0.2, 0.25) is 5.60 Å². The molecule has 0 saturated heterocycles.